The molecule has 2 N–H and O–H groups in total. The standard InChI is InChI=1S/C24H23NO4S/c1-2-27-23(26)12-17-5-3-4-6-22(17)29-14-16-9-18-7-8-28-24(18)21(10-16)19-11-20(13-25)30-15-19/h3-11,15H,2,12-14,25H2,1H3. The number of hydrogen-bond acceptors (Lipinski definition) is 6. The van der Waals surface area contributed by atoms with Gasteiger partial charge in [-0.25, -0.2) is 0 Å². The smallest absolute Gasteiger partial charge is 0.310 e. The van der Waals surface area contributed by atoms with Crippen molar-refractivity contribution >= 4 is 28.3 Å². The zero-order chi connectivity index (χ0) is 20.9. The average Bonchev–Trinajstić information content (AvgIpc) is 3.42. The van der Waals surface area contributed by atoms with Gasteiger partial charge in [0, 0.05) is 27.9 Å². The van der Waals surface area contributed by atoms with Crippen LogP contribution in [0.15, 0.2) is 64.6 Å². The highest BCUT2D eigenvalue weighted by molar-refractivity contribution is 7.10. The van der Waals surface area contributed by atoms with Crippen molar-refractivity contribution in [1.82, 2.24) is 0 Å². The summed E-state index contributed by atoms with van der Waals surface area (Å²) in [7, 11) is 0. The van der Waals surface area contributed by atoms with E-state index in [1.165, 1.54) is 0 Å². The van der Waals surface area contributed by atoms with Crippen molar-refractivity contribution in [3.8, 4) is 16.9 Å². The second-order valence-electron chi connectivity index (χ2n) is 6.87. The lowest BCUT2D eigenvalue weighted by atomic mass is 10.0. The lowest BCUT2D eigenvalue weighted by Crippen LogP contribution is -2.09. The van der Waals surface area contributed by atoms with Crippen molar-refractivity contribution in [2.45, 2.75) is 26.5 Å². The molecule has 154 valence electrons. The first kappa shape index (κ1) is 20.2. The maximum atomic E-state index is 11.9. The summed E-state index contributed by atoms with van der Waals surface area (Å²) >= 11 is 1.64. The molecular formula is C24H23NO4S. The molecular weight excluding hydrogens is 398 g/mol. The predicted molar refractivity (Wildman–Crippen MR) is 119 cm³/mol. The van der Waals surface area contributed by atoms with Crippen LogP contribution < -0.4 is 10.5 Å². The van der Waals surface area contributed by atoms with Crippen LogP contribution >= 0.6 is 11.3 Å². The largest absolute Gasteiger partial charge is 0.489 e. The lowest BCUT2D eigenvalue weighted by Gasteiger charge is -2.12. The summed E-state index contributed by atoms with van der Waals surface area (Å²) in [5, 5.41) is 3.12. The van der Waals surface area contributed by atoms with Gasteiger partial charge in [0.25, 0.3) is 0 Å². The molecule has 0 bridgehead atoms. The molecule has 0 unspecified atom stereocenters. The van der Waals surface area contributed by atoms with Gasteiger partial charge in [-0.2, -0.15) is 0 Å². The van der Waals surface area contributed by atoms with Crippen LogP contribution in [0.5, 0.6) is 5.75 Å². The van der Waals surface area contributed by atoms with Gasteiger partial charge in [-0.05, 0) is 53.8 Å². The molecule has 0 aliphatic heterocycles. The Morgan fingerprint density at radius 2 is 2.03 bits per heavy atom. The number of carbonyl (C=O) groups excluding carboxylic acids is 1. The van der Waals surface area contributed by atoms with Crippen LogP contribution in [0.25, 0.3) is 22.1 Å². The maximum absolute atomic E-state index is 11.9. The summed E-state index contributed by atoms with van der Waals surface area (Å²) in [6.07, 6.45) is 1.89. The molecule has 5 nitrogen and oxygen atoms in total. The van der Waals surface area contributed by atoms with Gasteiger partial charge in [0.2, 0.25) is 0 Å². The molecule has 0 spiro atoms. The predicted octanol–water partition coefficient (Wildman–Crippen LogP) is 5.30. The third-order valence-electron chi connectivity index (χ3n) is 4.78. The molecule has 4 rings (SSSR count). The molecule has 0 saturated heterocycles. The van der Waals surface area contributed by atoms with Crippen molar-refractivity contribution in [2.75, 3.05) is 6.61 Å². The summed E-state index contributed by atoms with van der Waals surface area (Å²) < 4.78 is 16.9. The van der Waals surface area contributed by atoms with Gasteiger partial charge >= 0.3 is 5.97 Å². The minimum atomic E-state index is -0.260. The normalized spacial score (nSPS) is 11.0. The number of hydrogen-bond donors (Lipinski definition) is 1. The number of carbonyl (C=O) groups is 1. The average molecular weight is 422 g/mol. The molecule has 0 aliphatic carbocycles. The highest BCUT2D eigenvalue weighted by Gasteiger charge is 2.13. The number of furan rings is 1. The number of ether oxygens (including phenoxy) is 2. The number of rotatable bonds is 8. The molecule has 0 fully saturated rings. The second kappa shape index (κ2) is 9.15. The maximum Gasteiger partial charge on any atom is 0.310 e. The van der Waals surface area contributed by atoms with E-state index in [1.54, 1.807) is 24.5 Å². The van der Waals surface area contributed by atoms with Gasteiger partial charge in [-0.3, -0.25) is 4.79 Å². The Balaban J connectivity index is 1.59. The van der Waals surface area contributed by atoms with E-state index < -0.39 is 0 Å². The number of esters is 1. The van der Waals surface area contributed by atoms with E-state index in [4.69, 9.17) is 19.6 Å². The fourth-order valence-corrected chi connectivity index (χ4v) is 4.15. The molecule has 2 heterocycles. The molecule has 0 amide bonds. The monoisotopic (exact) mass is 421 g/mol. The molecule has 6 heteroatoms. The fourth-order valence-electron chi connectivity index (χ4n) is 3.39. The number of thiophene rings is 1. The van der Waals surface area contributed by atoms with Gasteiger partial charge in [0.1, 0.15) is 17.9 Å². The summed E-state index contributed by atoms with van der Waals surface area (Å²) in [4.78, 5) is 13.0. The van der Waals surface area contributed by atoms with Crippen molar-refractivity contribution in [2.24, 2.45) is 5.73 Å². The minimum Gasteiger partial charge on any atom is -0.489 e. The Morgan fingerprint density at radius 1 is 1.17 bits per heavy atom. The van der Waals surface area contributed by atoms with Gasteiger partial charge in [0.05, 0.1) is 19.3 Å². The van der Waals surface area contributed by atoms with Crippen molar-refractivity contribution in [3.05, 3.63) is 76.2 Å². The molecule has 0 radical (unpaired) electrons. The van der Waals surface area contributed by atoms with Crippen LogP contribution in [0.4, 0.5) is 0 Å². The summed E-state index contributed by atoms with van der Waals surface area (Å²) in [5.74, 6) is 0.421. The van der Waals surface area contributed by atoms with Crippen molar-refractivity contribution in [3.63, 3.8) is 0 Å². The van der Waals surface area contributed by atoms with Crippen LogP contribution in [0.3, 0.4) is 0 Å². The molecule has 0 aliphatic rings. The topological polar surface area (TPSA) is 74.7 Å². The molecule has 2 aromatic heterocycles. The van der Waals surface area contributed by atoms with E-state index in [9.17, 15) is 4.79 Å². The first-order valence-electron chi connectivity index (χ1n) is 9.82. The quantitative estimate of drug-likeness (QED) is 0.391. The highest BCUT2D eigenvalue weighted by atomic mass is 32.1. The van der Waals surface area contributed by atoms with E-state index >= 15 is 0 Å². The lowest BCUT2D eigenvalue weighted by molar-refractivity contribution is -0.142. The van der Waals surface area contributed by atoms with Crippen LogP contribution in [0, 0.1) is 0 Å². The van der Waals surface area contributed by atoms with E-state index in [1.807, 2.05) is 30.3 Å². The molecule has 0 atom stereocenters. The van der Waals surface area contributed by atoms with Crippen molar-refractivity contribution in [1.29, 1.82) is 0 Å². The number of benzene rings is 2. The molecule has 4 aromatic rings. The molecule has 2 aromatic carbocycles. The summed E-state index contributed by atoms with van der Waals surface area (Å²) in [6, 6.07) is 15.7. The van der Waals surface area contributed by atoms with E-state index in [0.717, 1.165) is 38.1 Å². The first-order valence-corrected chi connectivity index (χ1v) is 10.7. The van der Waals surface area contributed by atoms with Crippen LogP contribution in [-0.4, -0.2) is 12.6 Å². The second-order valence-corrected chi connectivity index (χ2v) is 7.86. The Labute approximate surface area is 179 Å². The number of nitrogens with two attached hydrogens (primary N) is 1. The summed E-state index contributed by atoms with van der Waals surface area (Å²) in [6.45, 7) is 3.06. The SMILES string of the molecule is CCOC(=O)Cc1ccccc1OCc1cc(-c2csc(CN)c2)c2occc2c1. The Kier molecular flexibility index (Phi) is 6.16. The van der Waals surface area contributed by atoms with Crippen LogP contribution in [0.2, 0.25) is 0 Å². The highest BCUT2D eigenvalue weighted by Crippen LogP contribution is 2.34. The minimum absolute atomic E-state index is 0.187. The third-order valence-corrected chi connectivity index (χ3v) is 5.74. The van der Waals surface area contributed by atoms with Gasteiger partial charge in [-0.15, -0.1) is 11.3 Å². The fraction of sp³-hybridized carbons (Fsp3) is 0.208. The van der Waals surface area contributed by atoms with Crippen LogP contribution in [-0.2, 0) is 29.1 Å². The van der Waals surface area contributed by atoms with E-state index in [0.29, 0.717) is 25.5 Å². The first-order chi connectivity index (χ1) is 14.7. The van der Waals surface area contributed by atoms with E-state index in [2.05, 4.69) is 23.6 Å². The van der Waals surface area contributed by atoms with Gasteiger partial charge in [0.15, 0.2) is 0 Å². The van der Waals surface area contributed by atoms with E-state index in [-0.39, 0.29) is 12.4 Å². The zero-order valence-corrected chi connectivity index (χ0v) is 17.5. The Bertz CT molecular complexity index is 1160. The van der Waals surface area contributed by atoms with Gasteiger partial charge in [-0.1, -0.05) is 18.2 Å². The van der Waals surface area contributed by atoms with Gasteiger partial charge < -0.3 is 19.6 Å². The van der Waals surface area contributed by atoms with Crippen LogP contribution in [0.1, 0.15) is 22.9 Å². The van der Waals surface area contributed by atoms with Crippen molar-refractivity contribution < 1.29 is 18.7 Å². The molecule has 0 saturated carbocycles. The third kappa shape index (κ3) is 4.40. The zero-order valence-electron chi connectivity index (χ0n) is 16.7. The number of fused-ring (bicyclic) bond motifs is 1. The summed E-state index contributed by atoms with van der Waals surface area (Å²) in [5.41, 5.74) is 10.6. The molecule has 30 heavy (non-hydrogen) atoms. The number of para-hydroxylation sites is 1. The Hall–Kier alpha value is -3.09. The Morgan fingerprint density at radius 3 is 2.83 bits per heavy atom.